The van der Waals surface area contributed by atoms with Crippen LogP contribution in [-0.4, -0.2) is 29.7 Å². The average Bonchev–Trinajstić information content (AvgIpc) is 2.35. The van der Waals surface area contributed by atoms with Crippen LogP contribution in [0.25, 0.3) is 0 Å². The molecule has 3 N–H and O–H groups in total. The predicted molar refractivity (Wildman–Crippen MR) is 78.5 cm³/mol. The Morgan fingerprint density at radius 2 is 2.00 bits per heavy atom. The van der Waals surface area contributed by atoms with E-state index in [1.165, 1.54) is 25.7 Å². The van der Waals surface area contributed by atoms with Gasteiger partial charge in [0.05, 0.1) is 0 Å². The third kappa shape index (κ3) is 5.80. The van der Waals surface area contributed by atoms with Gasteiger partial charge in [-0.05, 0) is 30.6 Å². The van der Waals surface area contributed by atoms with Crippen molar-refractivity contribution in [1.82, 2.24) is 10.6 Å². The summed E-state index contributed by atoms with van der Waals surface area (Å²) in [5, 5.41) is 14.3. The largest absolute Gasteiger partial charge is 0.480 e. The fraction of sp³-hybridized carbons (Fsp3) is 0.867. The maximum absolute atomic E-state index is 11.7. The maximum Gasteiger partial charge on any atom is 0.326 e. The fourth-order valence-electron chi connectivity index (χ4n) is 2.92. The molecular weight excluding hydrogens is 256 g/mol. The second kappa shape index (κ2) is 8.12. The van der Waals surface area contributed by atoms with Crippen molar-refractivity contribution >= 4 is 12.0 Å². The Hall–Kier alpha value is -1.26. The van der Waals surface area contributed by atoms with Crippen LogP contribution in [0.15, 0.2) is 0 Å². The van der Waals surface area contributed by atoms with Gasteiger partial charge in [-0.15, -0.1) is 0 Å². The molecule has 20 heavy (non-hydrogen) atoms. The summed E-state index contributed by atoms with van der Waals surface area (Å²) in [6.45, 7) is 6.46. The zero-order valence-corrected chi connectivity index (χ0v) is 12.8. The number of hydrogen-bond acceptors (Lipinski definition) is 2. The Kier molecular flexibility index (Phi) is 6.82. The highest BCUT2D eigenvalue weighted by atomic mass is 16.4. The van der Waals surface area contributed by atoms with Gasteiger partial charge in [0.2, 0.25) is 0 Å². The predicted octanol–water partition coefficient (Wildman–Crippen LogP) is 2.61. The van der Waals surface area contributed by atoms with Crippen LogP contribution < -0.4 is 10.6 Å². The first-order chi connectivity index (χ1) is 9.40. The fourth-order valence-corrected chi connectivity index (χ4v) is 2.92. The van der Waals surface area contributed by atoms with E-state index in [0.717, 1.165) is 12.3 Å². The Balaban J connectivity index is 2.24. The van der Waals surface area contributed by atoms with Gasteiger partial charge in [-0.3, -0.25) is 0 Å². The molecule has 1 aliphatic rings. The molecule has 0 bridgehead atoms. The molecule has 3 atom stereocenters. The lowest BCUT2D eigenvalue weighted by atomic mass is 9.81. The van der Waals surface area contributed by atoms with Crippen LogP contribution in [0, 0.1) is 17.8 Å². The van der Waals surface area contributed by atoms with E-state index in [0.29, 0.717) is 12.5 Å². The van der Waals surface area contributed by atoms with E-state index in [4.69, 9.17) is 5.11 Å². The van der Waals surface area contributed by atoms with Crippen LogP contribution >= 0.6 is 0 Å². The van der Waals surface area contributed by atoms with Gasteiger partial charge in [0.1, 0.15) is 6.04 Å². The van der Waals surface area contributed by atoms with Crippen molar-refractivity contribution in [1.29, 1.82) is 0 Å². The van der Waals surface area contributed by atoms with Crippen LogP contribution in [0.1, 0.15) is 52.9 Å². The molecule has 1 aliphatic carbocycles. The van der Waals surface area contributed by atoms with Gasteiger partial charge in [0.25, 0.3) is 0 Å². The maximum atomic E-state index is 11.7. The molecule has 0 radical (unpaired) electrons. The lowest BCUT2D eigenvalue weighted by molar-refractivity contribution is -0.140. The number of carboxylic acids is 1. The smallest absolute Gasteiger partial charge is 0.326 e. The van der Waals surface area contributed by atoms with Gasteiger partial charge in [-0.25, -0.2) is 9.59 Å². The molecule has 5 nitrogen and oxygen atoms in total. The summed E-state index contributed by atoms with van der Waals surface area (Å²) < 4.78 is 0. The highest BCUT2D eigenvalue weighted by molar-refractivity contribution is 5.82. The third-order valence-corrected chi connectivity index (χ3v) is 4.10. The monoisotopic (exact) mass is 284 g/mol. The molecule has 0 aliphatic heterocycles. The number of aliphatic carboxylic acids is 1. The zero-order chi connectivity index (χ0) is 15.1. The lowest BCUT2D eigenvalue weighted by Gasteiger charge is -2.26. The minimum atomic E-state index is -0.990. The average molecular weight is 284 g/mol. The van der Waals surface area contributed by atoms with E-state index in [-0.39, 0.29) is 11.9 Å². The van der Waals surface area contributed by atoms with Crippen LogP contribution in [0.2, 0.25) is 0 Å². The first kappa shape index (κ1) is 16.8. The van der Waals surface area contributed by atoms with Gasteiger partial charge >= 0.3 is 12.0 Å². The molecule has 0 aromatic rings. The number of carbonyl (C=O) groups excluding carboxylic acids is 1. The highest BCUT2D eigenvalue weighted by Crippen LogP contribution is 2.30. The molecule has 0 heterocycles. The summed E-state index contributed by atoms with van der Waals surface area (Å²) >= 11 is 0. The minimum absolute atomic E-state index is 0.127. The number of urea groups is 1. The number of rotatable bonds is 6. The summed E-state index contributed by atoms with van der Waals surface area (Å²) in [5.74, 6) is 0.369. The van der Waals surface area contributed by atoms with Crippen LogP contribution in [0.3, 0.4) is 0 Å². The van der Waals surface area contributed by atoms with Crippen LogP contribution in [0.4, 0.5) is 4.79 Å². The lowest BCUT2D eigenvalue weighted by Crippen LogP contribution is -2.48. The summed E-state index contributed by atoms with van der Waals surface area (Å²) in [6, 6.07) is -1.21. The van der Waals surface area contributed by atoms with Gasteiger partial charge in [0.15, 0.2) is 0 Å². The molecule has 5 heteroatoms. The second-order valence-corrected chi connectivity index (χ2v) is 6.39. The highest BCUT2D eigenvalue weighted by Gasteiger charge is 2.23. The first-order valence-corrected chi connectivity index (χ1v) is 7.67. The van der Waals surface area contributed by atoms with E-state index < -0.39 is 12.0 Å². The SMILES string of the molecule is CC1CCCC(CCNC(=O)NC(C(=O)O)C(C)C)C1. The van der Waals surface area contributed by atoms with Crippen molar-refractivity contribution in [2.75, 3.05) is 6.54 Å². The molecule has 1 rings (SSSR count). The van der Waals surface area contributed by atoms with Gasteiger partial charge in [0, 0.05) is 6.54 Å². The van der Waals surface area contributed by atoms with E-state index in [1.807, 2.05) is 0 Å². The van der Waals surface area contributed by atoms with E-state index >= 15 is 0 Å². The van der Waals surface area contributed by atoms with Gasteiger partial charge < -0.3 is 15.7 Å². The summed E-state index contributed by atoms with van der Waals surface area (Å²) in [6.07, 6.45) is 6.08. The number of nitrogens with one attached hydrogen (secondary N) is 2. The van der Waals surface area contributed by atoms with Crippen molar-refractivity contribution in [3.63, 3.8) is 0 Å². The zero-order valence-electron chi connectivity index (χ0n) is 12.8. The molecule has 0 aromatic heterocycles. The van der Waals surface area contributed by atoms with Crippen molar-refractivity contribution in [3.05, 3.63) is 0 Å². The molecule has 0 saturated heterocycles. The standard InChI is InChI=1S/C15H28N2O3/c1-10(2)13(14(18)19)17-15(20)16-8-7-12-6-4-5-11(3)9-12/h10-13H,4-9H2,1-3H3,(H,18,19)(H2,16,17,20). The van der Waals surface area contributed by atoms with E-state index in [2.05, 4.69) is 17.6 Å². The first-order valence-electron chi connectivity index (χ1n) is 7.67. The summed E-state index contributed by atoms with van der Waals surface area (Å²) in [7, 11) is 0. The van der Waals surface area contributed by atoms with Crippen LogP contribution in [-0.2, 0) is 4.79 Å². The second-order valence-electron chi connectivity index (χ2n) is 6.39. The number of carbonyl (C=O) groups is 2. The van der Waals surface area contributed by atoms with Gasteiger partial charge in [-0.2, -0.15) is 0 Å². The normalized spacial score (nSPS) is 24.2. The molecular formula is C15H28N2O3. The molecule has 1 fully saturated rings. The summed E-state index contributed by atoms with van der Waals surface area (Å²) in [4.78, 5) is 22.7. The van der Waals surface area contributed by atoms with Gasteiger partial charge in [-0.1, -0.05) is 40.0 Å². The number of hydrogen-bond donors (Lipinski definition) is 3. The Morgan fingerprint density at radius 1 is 1.30 bits per heavy atom. The van der Waals surface area contributed by atoms with E-state index in [1.54, 1.807) is 13.8 Å². The molecule has 3 unspecified atom stereocenters. The topological polar surface area (TPSA) is 78.4 Å². The molecule has 0 spiro atoms. The van der Waals surface area contributed by atoms with Crippen molar-refractivity contribution in [2.45, 2.75) is 58.9 Å². The Labute approximate surface area is 121 Å². The quantitative estimate of drug-likeness (QED) is 0.701. The van der Waals surface area contributed by atoms with E-state index in [9.17, 15) is 9.59 Å². The van der Waals surface area contributed by atoms with Crippen molar-refractivity contribution in [2.24, 2.45) is 17.8 Å². The third-order valence-electron chi connectivity index (χ3n) is 4.10. The Morgan fingerprint density at radius 3 is 2.55 bits per heavy atom. The van der Waals surface area contributed by atoms with Crippen molar-refractivity contribution < 1.29 is 14.7 Å². The molecule has 116 valence electrons. The summed E-state index contributed by atoms with van der Waals surface area (Å²) in [5.41, 5.74) is 0. The number of amides is 2. The molecule has 2 amide bonds. The molecule has 1 saturated carbocycles. The minimum Gasteiger partial charge on any atom is -0.480 e. The number of carboxylic acid groups (broad SMARTS) is 1. The van der Waals surface area contributed by atoms with Crippen molar-refractivity contribution in [3.8, 4) is 0 Å². The molecule has 0 aromatic carbocycles. The Bertz CT molecular complexity index is 331. The van der Waals surface area contributed by atoms with Crippen LogP contribution in [0.5, 0.6) is 0 Å².